The van der Waals surface area contributed by atoms with E-state index in [9.17, 15) is 12.8 Å². The van der Waals surface area contributed by atoms with E-state index < -0.39 is 26.8 Å². The predicted octanol–water partition coefficient (Wildman–Crippen LogP) is 6.61. The Hall–Kier alpha value is -2.88. The van der Waals surface area contributed by atoms with E-state index in [2.05, 4.69) is 20.7 Å². The number of sulfonamides is 1. The molecule has 0 aliphatic carbocycles. The van der Waals surface area contributed by atoms with Gasteiger partial charge < -0.3 is 9.47 Å². The van der Waals surface area contributed by atoms with E-state index in [-0.39, 0.29) is 0 Å². The van der Waals surface area contributed by atoms with Gasteiger partial charge in [-0.05, 0) is 70.0 Å². The monoisotopic (exact) mass is 545 g/mol. The lowest BCUT2D eigenvalue weighted by molar-refractivity contribution is 0.246. The first-order valence-corrected chi connectivity index (χ1v) is 13.0. The maximum atomic E-state index is 14.1. The third kappa shape index (κ3) is 4.01. The van der Waals surface area contributed by atoms with E-state index in [1.165, 1.54) is 29.5 Å². The van der Waals surface area contributed by atoms with Crippen LogP contribution in [-0.2, 0) is 10.0 Å². The second-order valence-corrected chi connectivity index (χ2v) is 11.5. The molecule has 1 aliphatic rings. The van der Waals surface area contributed by atoms with Crippen LogP contribution < -0.4 is 14.2 Å². The first-order valence-electron chi connectivity index (χ1n) is 9.88. The molecule has 0 saturated heterocycles. The number of halogens is 2. The van der Waals surface area contributed by atoms with Crippen molar-refractivity contribution < 1.29 is 22.3 Å². The largest absolute Gasteiger partial charge is 0.496 e. The van der Waals surface area contributed by atoms with Crippen LogP contribution in [0.5, 0.6) is 11.5 Å². The van der Waals surface area contributed by atoms with Crippen LogP contribution in [0.2, 0.25) is 0 Å². The molecule has 0 bridgehead atoms. The number of methoxy groups -OCH3 is 1. The summed E-state index contributed by atoms with van der Waals surface area (Å²) in [6.45, 7) is 0. The molecule has 1 atom stereocenters. The summed E-state index contributed by atoms with van der Waals surface area (Å²) in [5.41, 5.74) is 2.75. The van der Waals surface area contributed by atoms with Gasteiger partial charge >= 0.3 is 0 Å². The summed E-state index contributed by atoms with van der Waals surface area (Å²) >= 11 is 5.03. The van der Waals surface area contributed by atoms with Gasteiger partial charge in [0.05, 0.1) is 21.3 Å². The predicted molar refractivity (Wildman–Crippen MR) is 130 cm³/mol. The van der Waals surface area contributed by atoms with Crippen molar-refractivity contribution in [2.45, 2.75) is 11.0 Å². The fraction of sp³-hybridized carbons (Fsp3) is 0.0833. The Morgan fingerprint density at radius 3 is 2.61 bits per heavy atom. The quantitative estimate of drug-likeness (QED) is 0.306. The number of fused-ring (bicyclic) bond motifs is 3. The number of anilines is 1. The molecule has 0 radical (unpaired) electrons. The van der Waals surface area contributed by atoms with Crippen LogP contribution in [0.4, 0.5) is 10.1 Å². The number of nitrogens with one attached hydrogen (secondary N) is 1. The van der Waals surface area contributed by atoms with Crippen molar-refractivity contribution in [3.05, 3.63) is 92.8 Å². The molecule has 168 valence electrons. The molecule has 3 aromatic carbocycles. The van der Waals surface area contributed by atoms with Gasteiger partial charge in [0, 0.05) is 11.3 Å². The molecule has 5 nitrogen and oxygen atoms in total. The topological polar surface area (TPSA) is 64.6 Å². The molecule has 1 aromatic heterocycles. The zero-order chi connectivity index (χ0) is 23.2. The summed E-state index contributed by atoms with van der Waals surface area (Å²) in [7, 11) is -2.53. The molecule has 5 rings (SSSR count). The summed E-state index contributed by atoms with van der Waals surface area (Å²) in [4.78, 5) is 0.537. The molecular formula is C24H17BrFNO4S2. The highest BCUT2D eigenvalue weighted by atomic mass is 79.9. The molecule has 0 spiro atoms. The fourth-order valence-electron chi connectivity index (χ4n) is 3.86. The number of thiophene rings is 1. The van der Waals surface area contributed by atoms with Crippen LogP contribution in [0.25, 0.3) is 11.1 Å². The smallest absolute Gasteiger partial charge is 0.264 e. The van der Waals surface area contributed by atoms with Crippen molar-refractivity contribution in [1.82, 2.24) is 0 Å². The van der Waals surface area contributed by atoms with Gasteiger partial charge in [-0.25, -0.2) is 12.8 Å². The van der Waals surface area contributed by atoms with Crippen LogP contribution in [0.1, 0.15) is 16.5 Å². The number of hydrogen-bond acceptors (Lipinski definition) is 5. The molecular weight excluding hydrogens is 529 g/mol. The summed E-state index contributed by atoms with van der Waals surface area (Å²) in [5.74, 6) is 0.515. The molecule has 33 heavy (non-hydrogen) atoms. The van der Waals surface area contributed by atoms with Gasteiger partial charge in [-0.15, -0.1) is 11.3 Å². The van der Waals surface area contributed by atoms with Gasteiger partial charge in [-0.2, -0.15) is 0 Å². The van der Waals surface area contributed by atoms with E-state index in [0.29, 0.717) is 17.2 Å². The minimum absolute atomic E-state index is 0.305. The van der Waals surface area contributed by atoms with Crippen molar-refractivity contribution >= 4 is 43.0 Å². The number of hydrogen-bond donors (Lipinski definition) is 1. The highest BCUT2D eigenvalue weighted by Gasteiger charge is 2.31. The highest BCUT2D eigenvalue weighted by Crippen LogP contribution is 2.50. The van der Waals surface area contributed by atoms with Crippen molar-refractivity contribution in [1.29, 1.82) is 0 Å². The van der Waals surface area contributed by atoms with E-state index in [0.717, 1.165) is 31.4 Å². The Bertz CT molecular complexity index is 1470. The molecule has 1 aliphatic heterocycles. The van der Waals surface area contributed by atoms with Crippen molar-refractivity contribution in [3.63, 3.8) is 0 Å². The summed E-state index contributed by atoms with van der Waals surface area (Å²) in [6.07, 6.45) is -0.450. The first kappa shape index (κ1) is 21.9. The molecule has 1 N–H and O–H groups in total. The van der Waals surface area contributed by atoms with Gasteiger partial charge in [0.25, 0.3) is 10.0 Å². The van der Waals surface area contributed by atoms with E-state index in [4.69, 9.17) is 9.47 Å². The van der Waals surface area contributed by atoms with E-state index in [1.807, 2.05) is 36.4 Å². The Balaban J connectivity index is 1.63. The number of benzene rings is 3. The standard InChI is InChI=1S/C24H17BrFNO4S2/c1-30-18-6-4-7-19-23(18)15-10-9-14(27-33(28,29)21-8-3-2-5-17(21)26)13-16(15)24(31-19)20-11-12-22(25)32-20/h2-13,24,27H,1H3. The highest BCUT2D eigenvalue weighted by molar-refractivity contribution is 9.11. The fourth-order valence-corrected chi connectivity index (χ4v) is 6.46. The van der Waals surface area contributed by atoms with Gasteiger partial charge in [0.1, 0.15) is 22.2 Å². The molecule has 9 heteroatoms. The third-order valence-electron chi connectivity index (χ3n) is 5.29. The lowest BCUT2D eigenvalue weighted by Gasteiger charge is -2.29. The van der Waals surface area contributed by atoms with Gasteiger partial charge in [0.15, 0.2) is 6.10 Å². The van der Waals surface area contributed by atoms with Crippen LogP contribution in [-0.4, -0.2) is 15.5 Å². The average Bonchev–Trinajstić information content (AvgIpc) is 3.23. The van der Waals surface area contributed by atoms with Gasteiger partial charge in [-0.1, -0.05) is 24.3 Å². The lowest BCUT2D eigenvalue weighted by atomic mass is 9.91. The van der Waals surface area contributed by atoms with Crippen LogP contribution in [0.3, 0.4) is 0 Å². The Kier molecular flexibility index (Phi) is 5.64. The maximum Gasteiger partial charge on any atom is 0.264 e. The Morgan fingerprint density at radius 1 is 1.06 bits per heavy atom. The summed E-state index contributed by atoms with van der Waals surface area (Å²) in [6, 6.07) is 20.0. The minimum atomic E-state index is -4.12. The van der Waals surface area contributed by atoms with Crippen LogP contribution in [0.15, 0.2) is 81.5 Å². The maximum absolute atomic E-state index is 14.1. The molecule has 2 heterocycles. The Morgan fingerprint density at radius 2 is 1.88 bits per heavy atom. The summed E-state index contributed by atoms with van der Waals surface area (Å²) in [5, 5.41) is 0. The number of rotatable bonds is 5. The van der Waals surface area contributed by atoms with Gasteiger partial charge in [-0.3, -0.25) is 4.72 Å². The summed E-state index contributed by atoms with van der Waals surface area (Å²) < 4.78 is 55.2. The van der Waals surface area contributed by atoms with Gasteiger partial charge in [0.2, 0.25) is 0 Å². The zero-order valence-corrected chi connectivity index (χ0v) is 20.4. The number of ether oxygens (including phenoxy) is 2. The minimum Gasteiger partial charge on any atom is -0.496 e. The van der Waals surface area contributed by atoms with Crippen LogP contribution in [0, 0.1) is 5.82 Å². The SMILES string of the molecule is COc1cccc2c1-c1ccc(NS(=O)(=O)c3ccccc3F)cc1C(c1ccc(Br)s1)O2. The molecule has 0 saturated carbocycles. The van der Waals surface area contributed by atoms with Crippen molar-refractivity contribution in [2.75, 3.05) is 11.8 Å². The molecule has 1 unspecified atom stereocenters. The Labute approximate surface area is 203 Å². The zero-order valence-electron chi connectivity index (χ0n) is 17.2. The molecule has 0 fully saturated rings. The van der Waals surface area contributed by atoms with E-state index >= 15 is 0 Å². The van der Waals surface area contributed by atoms with Crippen molar-refractivity contribution in [2.24, 2.45) is 0 Å². The average molecular weight is 546 g/mol. The van der Waals surface area contributed by atoms with Crippen LogP contribution >= 0.6 is 27.3 Å². The lowest BCUT2D eigenvalue weighted by Crippen LogP contribution is -2.17. The second kappa shape index (κ2) is 8.48. The normalized spacial score (nSPS) is 14.7. The molecule has 4 aromatic rings. The van der Waals surface area contributed by atoms with Crippen molar-refractivity contribution in [3.8, 4) is 22.6 Å². The second-order valence-electron chi connectivity index (χ2n) is 7.31. The third-order valence-corrected chi connectivity index (χ3v) is 8.37. The first-order chi connectivity index (χ1) is 15.9. The van der Waals surface area contributed by atoms with E-state index in [1.54, 1.807) is 19.2 Å². The molecule has 0 amide bonds.